The van der Waals surface area contributed by atoms with E-state index in [2.05, 4.69) is 219 Å². The van der Waals surface area contributed by atoms with Gasteiger partial charge < -0.3 is 9.13 Å². The first-order valence-electron chi connectivity index (χ1n) is 22.2. The third kappa shape index (κ3) is 5.04. The van der Waals surface area contributed by atoms with Gasteiger partial charge in [0.2, 0.25) is 0 Å². The number of aromatic nitrogens is 2. The first kappa shape index (κ1) is 35.6. The number of nitrogens with zero attached hydrogens (tertiary/aromatic N) is 2. The van der Waals surface area contributed by atoms with Gasteiger partial charge >= 0.3 is 0 Å². The van der Waals surface area contributed by atoms with Crippen molar-refractivity contribution in [1.29, 1.82) is 0 Å². The monoisotopic (exact) mass is 794 g/mol. The second kappa shape index (κ2) is 12.7. The number of hydrogen-bond acceptors (Lipinski definition) is 0. The molecule has 0 amide bonds. The fraction of sp³-hybridized carbons (Fsp3) is 0.133. The summed E-state index contributed by atoms with van der Waals surface area (Å²) in [6.07, 6.45) is 2.33. The first-order chi connectivity index (χ1) is 30.2. The summed E-state index contributed by atoms with van der Waals surface area (Å²) in [5, 5.41) is 15.4. The highest BCUT2D eigenvalue weighted by Crippen LogP contribution is 2.52. The van der Waals surface area contributed by atoms with Gasteiger partial charge in [0.15, 0.2) is 0 Å². The van der Waals surface area contributed by atoms with Gasteiger partial charge in [-0.3, -0.25) is 0 Å². The number of benzene rings is 10. The second-order valence-electron chi connectivity index (χ2n) is 19.2. The van der Waals surface area contributed by atoms with Crippen LogP contribution in [0.3, 0.4) is 0 Å². The molecule has 0 atom stereocenters. The molecule has 2 heterocycles. The topological polar surface area (TPSA) is 9.86 Å². The summed E-state index contributed by atoms with van der Waals surface area (Å²) < 4.78 is 5.11. The second-order valence-corrected chi connectivity index (χ2v) is 19.2. The van der Waals surface area contributed by atoms with E-state index >= 15 is 0 Å². The number of hydrogen-bond donors (Lipinski definition) is 0. The van der Waals surface area contributed by atoms with Crippen molar-refractivity contribution < 1.29 is 0 Å². The van der Waals surface area contributed by atoms with E-state index in [0.717, 1.165) is 6.42 Å². The smallest absolute Gasteiger partial charge is 0.0562 e. The quantitative estimate of drug-likeness (QED) is 0.158. The Morgan fingerprint density at radius 2 is 0.919 bits per heavy atom. The van der Waals surface area contributed by atoms with Gasteiger partial charge in [0.1, 0.15) is 0 Å². The van der Waals surface area contributed by atoms with Gasteiger partial charge in [0, 0.05) is 32.9 Å². The van der Waals surface area contributed by atoms with Gasteiger partial charge in [-0.05, 0) is 144 Å². The van der Waals surface area contributed by atoms with E-state index in [0.29, 0.717) is 0 Å². The predicted molar refractivity (Wildman–Crippen MR) is 266 cm³/mol. The molecule has 12 aromatic rings. The van der Waals surface area contributed by atoms with E-state index in [1.54, 1.807) is 0 Å². The fourth-order valence-electron chi connectivity index (χ4n) is 11.4. The fourth-order valence-corrected chi connectivity index (χ4v) is 11.4. The maximum absolute atomic E-state index is 2.56. The zero-order valence-electron chi connectivity index (χ0n) is 35.6. The van der Waals surface area contributed by atoms with Crippen molar-refractivity contribution in [2.75, 3.05) is 0 Å². The maximum atomic E-state index is 2.56. The summed E-state index contributed by atoms with van der Waals surface area (Å²) in [6.45, 7) is 9.85. The van der Waals surface area contributed by atoms with Crippen LogP contribution in [0, 0.1) is 0 Å². The van der Waals surface area contributed by atoms with Crippen LogP contribution in [0.15, 0.2) is 182 Å². The van der Waals surface area contributed by atoms with E-state index in [4.69, 9.17) is 0 Å². The number of fused-ring (bicyclic) bond motifs is 14. The van der Waals surface area contributed by atoms with Crippen molar-refractivity contribution in [3.05, 3.63) is 193 Å². The molecule has 1 aliphatic rings. The van der Waals surface area contributed by atoms with Crippen molar-refractivity contribution in [3.8, 4) is 22.5 Å². The highest BCUT2D eigenvalue weighted by molar-refractivity contribution is 6.23. The van der Waals surface area contributed by atoms with E-state index in [1.807, 2.05) is 0 Å². The molecule has 2 aromatic heterocycles. The molecule has 0 N–H and O–H groups in total. The van der Waals surface area contributed by atoms with Gasteiger partial charge in [-0.15, -0.1) is 0 Å². The molecule has 0 aliphatic heterocycles. The Morgan fingerprint density at radius 1 is 0.339 bits per heavy atom. The van der Waals surface area contributed by atoms with Crippen molar-refractivity contribution in [2.45, 2.75) is 51.4 Å². The van der Waals surface area contributed by atoms with E-state index in [1.165, 1.54) is 127 Å². The van der Waals surface area contributed by atoms with Crippen LogP contribution >= 0.6 is 0 Å². The van der Waals surface area contributed by atoms with Crippen LogP contribution in [-0.4, -0.2) is 9.13 Å². The predicted octanol–water partition coefficient (Wildman–Crippen LogP) is 16.5. The van der Waals surface area contributed by atoms with E-state index < -0.39 is 0 Å². The highest BCUT2D eigenvalue weighted by atomic mass is 15.0. The Labute approximate surface area is 361 Å². The first-order valence-corrected chi connectivity index (χ1v) is 22.2. The average Bonchev–Trinajstić information content (AvgIpc) is 3.80. The Balaban J connectivity index is 1.20. The van der Waals surface area contributed by atoms with E-state index in [-0.39, 0.29) is 10.8 Å². The van der Waals surface area contributed by atoms with Crippen LogP contribution in [0.5, 0.6) is 0 Å². The largest absolute Gasteiger partial charge is 0.309 e. The zero-order chi connectivity index (χ0) is 41.5. The normalized spacial score (nSPS) is 14.9. The van der Waals surface area contributed by atoms with Crippen LogP contribution in [0.1, 0.15) is 51.7 Å². The average molecular weight is 795 g/mol. The highest BCUT2D eigenvalue weighted by Gasteiger charge is 2.39. The molecule has 2 heteroatoms. The molecule has 0 saturated carbocycles. The summed E-state index contributed by atoms with van der Waals surface area (Å²) in [7, 11) is 0. The molecule has 0 spiro atoms. The zero-order valence-corrected chi connectivity index (χ0v) is 35.6. The molecule has 2 nitrogen and oxygen atoms in total. The maximum Gasteiger partial charge on any atom is 0.0562 e. The van der Waals surface area contributed by atoms with Crippen molar-refractivity contribution in [1.82, 2.24) is 9.13 Å². The van der Waals surface area contributed by atoms with Crippen molar-refractivity contribution in [2.24, 2.45) is 0 Å². The third-order valence-electron chi connectivity index (χ3n) is 14.7. The lowest BCUT2D eigenvalue weighted by Gasteiger charge is -2.42. The van der Waals surface area contributed by atoms with Gasteiger partial charge in [0.05, 0.1) is 22.1 Å². The summed E-state index contributed by atoms with van der Waals surface area (Å²) >= 11 is 0. The minimum atomic E-state index is 0.0187. The van der Waals surface area contributed by atoms with Crippen molar-refractivity contribution >= 4 is 86.7 Å². The Hall–Kier alpha value is -7.16. The molecule has 10 aromatic carbocycles. The van der Waals surface area contributed by atoms with Crippen LogP contribution in [0.25, 0.3) is 109 Å². The van der Waals surface area contributed by atoms with Gasteiger partial charge in [-0.1, -0.05) is 155 Å². The summed E-state index contributed by atoms with van der Waals surface area (Å²) in [4.78, 5) is 0. The molecule has 13 rings (SSSR count). The van der Waals surface area contributed by atoms with Gasteiger partial charge in [-0.2, -0.15) is 0 Å². The van der Waals surface area contributed by atoms with Crippen LogP contribution < -0.4 is 0 Å². The molecular weight excluding hydrogens is 749 g/mol. The standard InChI is InChI=1S/C60H46N2/c1-59(2)29-30-60(3,4)58-52(59)27-28-53-57(58)51-34-50-49-33-42-24-22-39-16-9-11-20-46(39)48(42)35-54(49)62(44-25-26-47-41(32-44)23-21-38-15-8-10-19-45(38)47)55(50)36-56(51)61(53)43-18-12-17-40(31-43)37-13-6-5-7-14-37/h5-28,31-36H,29-30H2,1-4H3. The Kier molecular flexibility index (Phi) is 7.28. The van der Waals surface area contributed by atoms with Gasteiger partial charge in [-0.25, -0.2) is 0 Å². The molecular formula is C60H46N2. The lowest BCUT2D eigenvalue weighted by atomic mass is 9.62. The van der Waals surface area contributed by atoms with Crippen molar-refractivity contribution in [3.63, 3.8) is 0 Å². The molecule has 1 aliphatic carbocycles. The molecule has 0 radical (unpaired) electrons. The number of rotatable bonds is 3. The molecule has 296 valence electrons. The summed E-state index contributed by atoms with van der Waals surface area (Å²) in [5.41, 5.74) is 12.8. The summed E-state index contributed by atoms with van der Waals surface area (Å²) in [5.74, 6) is 0. The van der Waals surface area contributed by atoms with E-state index in [9.17, 15) is 0 Å². The minimum absolute atomic E-state index is 0.0187. The molecule has 0 fully saturated rings. The van der Waals surface area contributed by atoms with Crippen LogP contribution in [0.2, 0.25) is 0 Å². The lowest BCUT2D eigenvalue weighted by Crippen LogP contribution is -2.34. The third-order valence-corrected chi connectivity index (χ3v) is 14.7. The van der Waals surface area contributed by atoms with Crippen LogP contribution in [-0.2, 0) is 10.8 Å². The van der Waals surface area contributed by atoms with Gasteiger partial charge in [0.25, 0.3) is 0 Å². The molecule has 0 saturated heterocycles. The Bertz CT molecular complexity index is 3860. The SMILES string of the molecule is CC1(C)CCC(C)(C)c2c1ccc1c2c2cc3c4cc5ccc6ccccc6c5cc4n(-c4ccc5c(ccc6ccccc65)c4)c3cc2n1-c1cccc(-c2ccccc2)c1. The molecule has 0 unspecified atom stereocenters. The molecule has 62 heavy (non-hydrogen) atoms. The summed E-state index contributed by atoms with van der Waals surface area (Å²) in [6, 6.07) is 68.6. The lowest BCUT2D eigenvalue weighted by molar-refractivity contribution is 0.334. The Morgan fingerprint density at radius 3 is 1.71 bits per heavy atom. The molecule has 0 bridgehead atoms. The minimum Gasteiger partial charge on any atom is -0.309 e. The van der Waals surface area contributed by atoms with Crippen LogP contribution in [0.4, 0.5) is 0 Å².